The quantitative estimate of drug-likeness (QED) is 0.398. The minimum absolute atomic E-state index is 0.400. The van der Waals surface area contributed by atoms with Crippen molar-refractivity contribution in [3.8, 4) is 0 Å². The van der Waals surface area contributed by atoms with Crippen molar-refractivity contribution in [2.45, 2.75) is 29.7 Å². The van der Waals surface area contributed by atoms with Crippen molar-refractivity contribution in [1.82, 2.24) is 0 Å². The number of nitrogens with two attached hydrogens (primary N) is 1. The Morgan fingerprint density at radius 3 is 3.00 bits per heavy atom. The molecule has 0 heterocycles. The van der Waals surface area contributed by atoms with Gasteiger partial charge in [0.25, 0.3) is 0 Å². The molecule has 0 saturated heterocycles. The van der Waals surface area contributed by atoms with Gasteiger partial charge in [-0.05, 0) is 18.8 Å². The van der Waals surface area contributed by atoms with Gasteiger partial charge in [-0.15, -0.1) is 0 Å². The van der Waals surface area contributed by atoms with Gasteiger partial charge in [-0.2, -0.15) is 0 Å². The van der Waals surface area contributed by atoms with E-state index < -0.39 is 0 Å². The van der Waals surface area contributed by atoms with Crippen molar-refractivity contribution < 1.29 is 0 Å². The van der Waals surface area contributed by atoms with Crippen molar-refractivity contribution in [2.75, 3.05) is 0 Å². The summed E-state index contributed by atoms with van der Waals surface area (Å²) in [5, 5.41) is 0. The first-order chi connectivity index (χ1) is 4.70. The molecule has 1 rings (SSSR count). The summed E-state index contributed by atoms with van der Waals surface area (Å²) in [7, 11) is 0. The summed E-state index contributed by atoms with van der Waals surface area (Å²) in [6, 6.07) is 0.400. The average molecular weight is 251 g/mol. The SMILES string of the molecule is CC1CC=CC(I)CC1N. The van der Waals surface area contributed by atoms with Crippen molar-refractivity contribution in [1.29, 1.82) is 0 Å². The second-order valence-electron chi connectivity index (χ2n) is 3.06. The Labute approximate surface area is 76.2 Å². The van der Waals surface area contributed by atoms with Crippen LogP contribution in [0.15, 0.2) is 12.2 Å². The van der Waals surface area contributed by atoms with E-state index in [0.29, 0.717) is 15.9 Å². The molecule has 0 saturated carbocycles. The number of rotatable bonds is 0. The van der Waals surface area contributed by atoms with E-state index in [4.69, 9.17) is 5.73 Å². The highest BCUT2D eigenvalue weighted by Gasteiger charge is 2.16. The van der Waals surface area contributed by atoms with Crippen LogP contribution in [0.4, 0.5) is 0 Å². The lowest BCUT2D eigenvalue weighted by Gasteiger charge is -2.16. The molecule has 0 spiro atoms. The summed E-state index contributed by atoms with van der Waals surface area (Å²) in [5.41, 5.74) is 5.92. The van der Waals surface area contributed by atoms with Gasteiger partial charge in [-0.3, -0.25) is 0 Å². The molecule has 0 radical (unpaired) electrons. The van der Waals surface area contributed by atoms with Crippen LogP contribution in [-0.4, -0.2) is 9.97 Å². The molecule has 3 unspecified atom stereocenters. The highest BCUT2D eigenvalue weighted by atomic mass is 127. The van der Waals surface area contributed by atoms with Gasteiger partial charge in [-0.25, -0.2) is 0 Å². The number of hydrogen-bond donors (Lipinski definition) is 1. The third kappa shape index (κ3) is 2.23. The van der Waals surface area contributed by atoms with Gasteiger partial charge in [0.1, 0.15) is 0 Å². The lowest BCUT2D eigenvalue weighted by molar-refractivity contribution is 0.452. The first-order valence-electron chi connectivity index (χ1n) is 3.76. The van der Waals surface area contributed by atoms with Gasteiger partial charge >= 0.3 is 0 Å². The summed E-state index contributed by atoms with van der Waals surface area (Å²) in [5.74, 6) is 0.663. The first kappa shape index (κ1) is 8.53. The Kier molecular flexibility index (Phi) is 3.17. The molecule has 0 aliphatic heterocycles. The maximum atomic E-state index is 5.92. The highest BCUT2D eigenvalue weighted by molar-refractivity contribution is 14.1. The lowest BCUT2D eigenvalue weighted by Crippen LogP contribution is -2.28. The first-order valence-corrected chi connectivity index (χ1v) is 5.01. The fraction of sp³-hybridized carbons (Fsp3) is 0.750. The van der Waals surface area contributed by atoms with E-state index in [1.165, 1.54) is 0 Å². The number of hydrogen-bond acceptors (Lipinski definition) is 1. The Bertz CT molecular complexity index is 133. The minimum Gasteiger partial charge on any atom is -0.327 e. The highest BCUT2D eigenvalue weighted by Crippen LogP contribution is 2.21. The van der Waals surface area contributed by atoms with Crippen molar-refractivity contribution in [2.24, 2.45) is 11.7 Å². The zero-order valence-electron chi connectivity index (χ0n) is 6.26. The van der Waals surface area contributed by atoms with Gasteiger partial charge < -0.3 is 5.73 Å². The standard InChI is InChI=1S/C8H14IN/c1-6-3-2-4-7(9)5-8(6)10/h2,4,6-8H,3,5,10H2,1H3. The number of allylic oxidation sites excluding steroid dienone is 2. The second-order valence-corrected chi connectivity index (χ2v) is 4.66. The number of halogens is 1. The van der Waals surface area contributed by atoms with Crippen LogP contribution in [0.1, 0.15) is 19.8 Å². The van der Waals surface area contributed by atoms with Crippen LogP contribution >= 0.6 is 22.6 Å². The molecular weight excluding hydrogens is 237 g/mol. The Morgan fingerprint density at radius 2 is 2.30 bits per heavy atom. The maximum Gasteiger partial charge on any atom is 0.0304 e. The molecule has 1 aliphatic rings. The van der Waals surface area contributed by atoms with Crippen molar-refractivity contribution >= 4 is 22.6 Å². The van der Waals surface area contributed by atoms with Crippen LogP contribution < -0.4 is 5.73 Å². The van der Waals surface area contributed by atoms with Gasteiger partial charge in [-0.1, -0.05) is 41.7 Å². The van der Waals surface area contributed by atoms with Gasteiger partial charge in [0, 0.05) is 9.97 Å². The largest absolute Gasteiger partial charge is 0.327 e. The molecule has 0 bridgehead atoms. The topological polar surface area (TPSA) is 26.0 Å². The molecule has 1 aliphatic carbocycles. The molecule has 1 nitrogen and oxygen atoms in total. The summed E-state index contributed by atoms with van der Waals surface area (Å²) < 4.78 is 0.651. The summed E-state index contributed by atoms with van der Waals surface area (Å²) >= 11 is 2.44. The van der Waals surface area contributed by atoms with E-state index in [1.807, 2.05) is 0 Å². The van der Waals surface area contributed by atoms with Crippen LogP contribution in [0.2, 0.25) is 0 Å². The predicted octanol–water partition coefficient (Wildman–Crippen LogP) is 2.10. The Hall–Kier alpha value is 0.430. The molecule has 58 valence electrons. The average Bonchev–Trinajstić information content (AvgIpc) is 1.96. The minimum atomic E-state index is 0.400. The molecule has 10 heavy (non-hydrogen) atoms. The van der Waals surface area contributed by atoms with E-state index in [0.717, 1.165) is 12.8 Å². The van der Waals surface area contributed by atoms with Crippen LogP contribution in [0.3, 0.4) is 0 Å². The molecule has 2 heteroatoms. The maximum absolute atomic E-state index is 5.92. The lowest BCUT2D eigenvalue weighted by atomic mass is 9.98. The van der Waals surface area contributed by atoms with Crippen LogP contribution in [0.5, 0.6) is 0 Å². The van der Waals surface area contributed by atoms with Gasteiger partial charge in [0.15, 0.2) is 0 Å². The Balaban J connectivity index is 2.52. The molecular formula is C8H14IN. The molecule has 0 aromatic rings. The van der Waals surface area contributed by atoms with E-state index in [9.17, 15) is 0 Å². The third-order valence-corrected chi connectivity index (χ3v) is 3.00. The smallest absolute Gasteiger partial charge is 0.0304 e. The van der Waals surface area contributed by atoms with Crippen molar-refractivity contribution in [3.05, 3.63) is 12.2 Å². The van der Waals surface area contributed by atoms with Crippen LogP contribution in [0.25, 0.3) is 0 Å². The molecule has 0 aromatic carbocycles. The van der Waals surface area contributed by atoms with Crippen molar-refractivity contribution in [3.63, 3.8) is 0 Å². The van der Waals surface area contributed by atoms with Gasteiger partial charge in [0.2, 0.25) is 0 Å². The fourth-order valence-electron chi connectivity index (χ4n) is 1.19. The summed E-state index contributed by atoms with van der Waals surface area (Å²) in [4.78, 5) is 0. The van der Waals surface area contributed by atoms with Gasteiger partial charge in [0.05, 0.1) is 0 Å². The van der Waals surface area contributed by atoms with E-state index >= 15 is 0 Å². The fourth-order valence-corrected chi connectivity index (χ4v) is 2.07. The zero-order valence-corrected chi connectivity index (χ0v) is 8.41. The van der Waals surface area contributed by atoms with E-state index in [-0.39, 0.29) is 0 Å². The van der Waals surface area contributed by atoms with Crippen LogP contribution in [0, 0.1) is 5.92 Å². The summed E-state index contributed by atoms with van der Waals surface area (Å²) in [6.07, 6.45) is 6.82. The van der Waals surface area contributed by atoms with E-state index in [1.54, 1.807) is 0 Å². The molecule has 3 atom stereocenters. The third-order valence-electron chi connectivity index (χ3n) is 2.08. The molecule has 0 aromatic heterocycles. The predicted molar refractivity (Wildman–Crippen MR) is 53.3 cm³/mol. The zero-order chi connectivity index (χ0) is 7.56. The van der Waals surface area contributed by atoms with Crippen LogP contribution in [-0.2, 0) is 0 Å². The monoisotopic (exact) mass is 251 g/mol. The Morgan fingerprint density at radius 1 is 1.60 bits per heavy atom. The normalized spacial score (nSPS) is 41.3. The van der Waals surface area contributed by atoms with E-state index in [2.05, 4.69) is 41.7 Å². The number of alkyl halides is 1. The summed E-state index contributed by atoms with van der Waals surface area (Å²) in [6.45, 7) is 2.23. The molecule has 0 fully saturated rings. The molecule has 0 amide bonds. The molecule has 2 N–H and O–H groups in total. The second kappa shape index (κ2) is 3.72.